The monoisotopic (exact) mass is 326 g/mol. The molecule has 1 aromatic rings. The van der Waals surface area contributed by atoms with Gasteiger partial charge in [0.1, 0.15) is 0 Å². The Morgan fingerprint density at radius 2 is 2.04 bits per heavy atom. The Balaban J connectivity index is 2.00. The molecule has 0 saturated carbocycles. The van der Waals surface area contributed by atoms with E-state index >= 15 is 0 Å². The number of hydroxylamine groups is 1. The molecular formula is C16H17F3N2O2. The lowest BCUT2D eigenvalue weighted by molar-refractivity contribution is -0.137. The van der Waals surface area contributed by atoms with Crippen molar-refractivity contribution in [1.29, 1.82) is 0 Å². The predicted octanol–water partition coefficient (Wildman–Crippen LogP) is 3.30. The fraction of sp³-hybridized carbons (Fsp3) is 0.375. The summed E-state index contributed by atoms with van der Waals surface area (Å²) in [5.41, 5.74) is 3.59. The molecule has 1 aliphatic heterocycles. The van der Waals surface area contributed by atoms with Crippen LogP contribution in [-0.4, -0.2) is 21.6 Å². The summed E-state index contributed by atoms with van der Waals surface area (Å²) in [7, 11) is 0. The number of allylic oxidation sites excluding steroid dienone is 1. The van der Waals surface area contributed by atoms with Gasteiger partial charge in [-0.2, -0.15) is 18.3 Å². The molecule has 7 heteroatoms. The molecular weight excluding hydrogens is 309 g/mol. The molecule has 23 heavy (non-hydrogen) atoms. The van der Waals surface area contributed by atoms with E-state index in [4.69, 9.17) is 0 Å². The van der Waals surface area contributed by atoms with E-state index in [1.165, 1.54) is 12.1 Å². The number of halogens is 3. The second-order valence-electron chi connectivity index (χ2n) is 6.02. The van der Waals surface area contributed by atoms with E-state index in [1.54, 1.807) is 6.08 Å². The van der Waals surface area contributed by atoms with E-state index in [0.717, 1.165) is 17.3 Å². The van der Waals surface area contributed by atoms with Gasteiger partial charge in [0.2, 0.25) is 0 Å². The van der Waals surface area contributed by atoms with Crippen LogP contribution in [0.1, 0.15) is 30.9 Å². The molecule has 2 aliphatic rings. The number of hydrogen-bond donors (Lipinski definition) is 3. The van der Waals surface area contributed by atoms with Gasteiger partial charge < -0.3 is 5.11 Å². The van der Waals surface area contributed by atoms with Crippen LogP contribution in [0.5, 0.6) is 0 Å². The van der Waals surface area contributed by atoms with Gasteiger partial charge in [0, 0.05) is 11.1 Å². The van der Waals surface area contributed by atoms with Gasteiger partial charge in [0.15, 0.2) is 0 Å². The minimum Gasteiger partial charge on any atom is -0.388 e. The predicted molar refractivity (Wildman–Crippen MR) is 77.6 cm³/mol. The van der Waals surface area contributed by atoms with Crippen LogP contribution < -0.4 is 5.43 Å². The van der Waals surface area contributed by atoms with Gasteiger partial charge in [0.05, 0.1) is 23.1 Å². The first kappa shape index (κ1) is 15.9. The highest BCUT2D eigenvalue weighted by atomic mass is 19.4. The highest BCUT2D eigenvalue weighted by molar-refractivity contribution is 5.69. The molecule has 0 amide bonds. The highest BCUT2D eigenvalue weighted by Crippen LogP contribution is 2.36. The molecule has 4 nitrogen and oxygen atoms in total. The maximum atomic E-state index is 12.8. The lowest BCUT2D eigenvalue weighted by atomic mass is 9.85. The van der Waals surface area contributed by atoms with E-state index in [2.05, 4.69) is 5.43 Å². The summed E-state index contributed by atoms with van der Waals surface area (Å²) in [5.74, 6) is 0.212. The number of rotatable bonds is 1. The lowest BCUT2D eigenvalue weighted by Crippen LogP contribution is -2.40. The molecule has 2 atom stereocenters. The SMILES string of the molecule is CC1CC2=C(C=C(c3cccc(C(F)(F)F)c3)NN2O)C(O)C1. The molecule has 1 aromatic carbocycles. The van der Waals surface area contributed by atoms with Crippen molar-refractivity contribution in [1.82, 2.24) is 10.6 Å². The standard InChI is InChI=1S/C16H17F3N2O2/c1-9-5-14-12(15(22)6-9)8-13(20-21(14)23)10-3-2-4-11(7-10)16(17,18)19/h2-4,7-9,15,20,22-23H,5-6H2,1H3. The van der Waals surface area contributed by atoms with Crippen LogP contribution in [0.4, 0.5) is 13.2 Å². The summed E-state index contributed by atoms with van der Waals surface area (Å²) in [4.78, 5) is 0. The molecule has 3 N–H and O–H groups in total. The molecule has 1 aliphatic carbocycles. The molecule has 0 spiro atoms. The first-order valence-electron chi connectivity index (χ1n) is 7.32. The third-order valence-corrected chi connectivity index (χ3v) is 4.14. The smallest absolute Gasteiger partial charge is 0.388 e. The van der Waals surface area contributed by atoms with E-state index in [-0.39, 0.29) is 11.5 Å². The minimum atomic E-state index is -4.44. The largest absolute Gasteiger partial charge is 0.416 e. The average Bonchev–Trinajstić information content (AvgIpc) is 2.47. The van der Waals surface area contributed by atoms with Crippen molar-refractivity contribution in [2.24, 2.45) is 5.92 Å². The van der Waals surface area contributed by atoms with Crippen molar-refractivity contribution in [3.63, 3.8) is 0 Å². The summed E-state index contributed by atoms with van der Waals surface area (Å²) in [6, 6.07) is 4.83. The molecule has 0 saturated heterocycles. The van der Waals surface area contributed by atoms with Crippen molar-refractivity contribution >= 4 is 5.70 Å². The fourth-order valence-corrected chi connectivity index (χ4v) is 3.00. The van der Waals surface area contributed by atoms with Gasteiger partial charge in [-0.3, -0.25) is 10.6 Å². The van der Waals surface area contributed by atoms with Crippen molar-refractivity contribution in [2.75, 3.05) is 0 Å². The van der Waals surface area contributed by atoms with Crippen LogP contribution in [0.15, 0.2) is 41.6 Å². The summed E-state index contributed by atoms with van der Waals surface area (Å²) in [5, 5.41) is 21.1. The Morgan fingerprint density at radius 3 is 2.74 bits per heavy atom. The second-order valence-corrected chi connectivity index (χ2v) is 6.02. The third kappa shape index (κ3) is 3.07. The Hall–Kier alpha value is -1.99. The molecule has 0 radical (unpaired) electrons. The van der Waals surface area contributed by atoms with E-state index < -0.39 is 17.8 Å². The number of aliphatic hydroxyl groups excluding tert-OH is 1. The summed E-state index contributed by atoms with van der Waals surface area (Å²) in [6.45, 7) is 1.97. The Labute approximate surface area is 131 Å². The zero-order valence-corrected chi connectivity index (χ0v) is 12.4. The first-order valence-corrected chi connectivity index (χ1v) is 7.32. The van der Waals surface area contributed by atoms with E-state index in [0.29, 0.717) is 29.8 Å². The van der Waals surface area contributed by atoms with Crippen LogP contribution in [0.2, 0.25) is 0 Å². The lowest BCUT2D eigenvalue weighted by Gasteiger charge is -2.36. The van der Waals surface area contributed by atoms with Crippen LogP contribution in [-0.2, 0) is 6.18 Å². The van der Waals surface area contributed by atoms with Crippen molar-refractivity contribution in [3.05, 3.63) is 52.7 Å². The van der Waals surface area contributed by atoms with Crippen LogP contribution in [0.25, 0.3) is 5.70 Å². The zero-order chi connectivity index (χ0) is 16.8. The molecule has 2 unspecified atom stereocenters. The first-order chi connectivity index (χ1) is 10.8. The quantitative estimate of drug-likeness (QED) is 0.741. The third-order valence-electron chi connectivity index (χ3n) is 4.14. The van der Waals surface area contributed by atoms with Gasteiger partial charge in [-0.15, -0.1) is 0 Å². The normalized spacial score (nSPS) is 25.0. The number of hydrazine groups is 1. The number of aliphatic hydroxyl groups is 1. The summed E-state index contributed by atoms with van der Waals surface area (Å²) >= 11 is 0. The topological polar surface area (TPSA) is 55.7 Å². The van der Waals surface area contributed by atoms with Crippen LogP contribution in [0, 0.1) is 5.92 Å². The van der Waals surface area contributed by atoms with Crippen molar-refractivity contribution < 1.29 is 23.5 Å². The highest BCUT2D eigenvalue weighted by Gasteiger charge is 2.33. The Bertz CT molecular complexity index is 682. The molecule has 0 fully saturated rings. The number of alkyl halides is 3. The number of nitrogens with zero attached hydrogens (tertiary/aromatic N) is 1. The number of benzene rings is 1. The van der Waals surface area contributed by atoms with Gasteiger partial charge in [-0.1, -0.05) is 19.1 Å². The average molecular weight is 326 g/mol. The Kier molecular flexibility index (Phi) is 3.85. The van der Waals surface area contributed by atoms with Gasteiger partial charge in [0.25, 0.3) is 0 Å². The van der Waals surface area contributed by atoms with Gasteiger partial charge >= 0.3 is 6.18 Å². The van der Waals surface area contributed by atoms with Crippen LogP contribution in [0.3, 0.4) is 0 Å². The molecule has 0 bridgehead atoms. The maximum Gasteiger partial charge on any atom is 0.416 e. The summed E-state index contributed by atoms with van der Waals surface area (Å²) in [6.07, 6.45) is -2.43. The second kappa shape index (κ2) is 5.58. The molecule has 124 valence electrons. The number of nitrogens with one attached hydrogen (secondary N) is 1. The van der Waals surface area contributed by atoms with Gasteiger partial charge in [-0.05, 0) is 37.0 Å². The van der Waals surface area contributed by atoms with Crippen LogP contribution >= 0.6 is 0 Å². The minimum absolute atomic E-state index is 0.212. The van der Waals surface area contributed by atoms with Crippen molar-refractivity contribution in [3.8, 4) is 0 Å². The maximum absolute atomic E-state index is 12.8. The van der Waals surface area contributed by atoms with E-state index in [9.17, 15) is 23.5 Å². The number of hydrogen-bond acceptors (Lipinski definition) is 4. The zero-order valence-electron chi connectivity index (χ0n) is 12.4. The summed E-state index contributed by atoms with van der Waals surface area (Å²) < 4.78 is 38.5. The fourth-order valence-electron chi connectivity index (χ4n) is 3.00. The molecule has 3 rings (SSSR count). The van der Waals surface area contributed by atoms with Gasteiger partial charge in [-0.25, -0.2) is 0 Å². The molecule has 1 heterocycles. The van der Waals surface area contributed by atoms with E-state index in [1.807, 2.05) is 6.92 Å². The Morgan fingerprint density at radius 1 is 1.30 bits per heavy atom. The van der Waals surface area contributed by atoms with Crippen molar-refractivity contribution in [2.45, 2.75) is 32.0 Å². The molecule has 0 aromatic heterocycles.